The summed E-state index contributed by atoms with van der Waals surface area (Å²) < 4.78 is 37.5. The van der Waals surface area contributed by atoms with Crippen LogP contribution in [0.1, 0.15) is 12.5 Å². The van der Waals surface area contributed by atoms with Crippen LogP contribution < -0.4 is 9.47 Å². The SMILES string of the molecule is CCN(Cc1ccc2c(c1)OCO2)S(=O)(=O)c1cccs1. The molecule has 1 aromatic carbocycles. The molecule has 0 fully saturated rings. The Hall–Kier alpha value is -1.57. The van der Waals surface area contributed by atoms with Crippen LogP contribution in [0.4, 0.5) is 0 Å². The van der Waals surface area contributed by atoms with E-state index in [4.69, 9.17) is 9.47 Å². The number of thiophene rings is 1. The van der Waals surface area contributed by atoms with Crippen molar-refractivity contribution in [2.45, 2.75) is 17.7 Å². The van der Waals surface area contributed by atoms with Crippen molar-refractivity contribution in [3.05, 3.63) is 41.3 Å². The molecule has 0 saturated carbocycles. The molecule has 0 N–H and O–H groups in total. The predicted molar refractivity (Wildman–Crippen MR) is 80.2 cm³/mol. The number of hydrogen-bond acceptors (Lipinski definition) is 5. The van der Waals surface area contributed by atoms with Crippen LogP contribution >= 0.6 is 11.3 Å². The maximum atomic E-state index is 12.5. The molecule has 1 aliphatic heterocycles. The van der Waals surface area contributed by atoms with Gasteiger partial charge in [-0.25, -0.2) is 8.42 Å². The third-order valence-electron chi connectivity index (χ3n) is 3.24. The summed E-state index contributed by atoms with van der Waals surface area (Å²) in [6.45, 7) is 2.77. The maximum absolute atomic E-state index is 12.5. The monoisotopic (exact) mass is 325 g/mol. The molecule has 2 aromatic rings. The van der Waals surface area contributed by atoms with E-state index in [0.717, 1.165) is 5.56 Å². The lowest BCUT2D eigenvalue weighted by atomic mass is 10.2. The largest absolute Gasteiger partial charge is 0.454 e. The van der Waals surface area contributed by atoms with Crippen LogP contribution in [-0.2, 0) is 16.6 Å². The Morgan fingerprint density at radius 1 is 1.24 bits per heavy atom. The van der Waals surface area contributed by atoms with Crippen LogP contribution in [0.15, 0.2) is 39.9 Å². The second kappa shape index (κ2) is 5.67. The molecule has 0 aliphatic carbocycles. The van der Waals surface area contributed by atoms with E-state index in [2.05, 4.69) is 0 Å². The van der Waals surface area contributed by atoms with Crippen molar-refractivity contribution in [3.8, 4) is 11.5 Å². The number of hydrogen-bond donors (Lipinski definition) is 0. The molecular formula is C14H15NO4S2. The number of fused-ring (bicyclic) bond motifs is 1. The second-order valence-corrected chi connectivity index (χ2v) is 7.66. The molecule has 21 heavy (non-hydrogen) atoms. The molecule has 0 radical (unpaired) electrons. The first-order valence-electron chi connectivity index (χ1n) is 6.53. The summed E-state index contributed by atoms with van der Waals surface area (Å²) >= 11 is 1.23. The summed E-state index contributed by atoms with van der Waals surface area (Å²) in [5.41, 5.74) is 0.876. The molecule has 1 aromatic heterocycles. The number of rotatable bonds is 5. The van der Waals surface area contributed by atoms with Crippen molar-refractivity contribution in [1.29, 1.82) is 0 Å². The summed E-state index contributed by atoms with van der Waals surface area (Å²) in [4.78, 5) is 0. The van der Waals surface area contributed by atoms with Gasteiger partial charge in [-0.05, 0) is 29.1 Å². The number of benzene rings is 1. The molecule has 0 unspecified atom stereocenters. The third kappa shape index (κ3) is 2.76. The fourth-order valence-electron chi connectivity index (χ4n) is 2.15. The van der Waals surface area contributed by atoms with Gasteiger partial charge < -0.3 is 9.47 Å². The van der Waals surface area contributed by atoms with Crippen LogP contribution in [0.2, 0.25) is 0 Å². The van der Waals surface area contributed by atoms with Gasteiger partial charge in [0.25, 0.3) is 10.0 Å². The van der Waals surface area contributed by atoms with Gasteiger partial charge in [-0.2, -0.15) is 4.31 Å². The van der Waals surface area contributed by atoms with Crippen LogP contribution in [0.5, 0.6) is 11.5 Å². The minimum Gasteiger partial charge on any atom is -0.454 e. The lowest BCUT2D eigenvalue weighted by molar-refractivity contribution is 0.174. The molecule has 3 rings (SSSR count). The van der Waals surface area contributed by atoms with Gasteiger partial charge in [0.2, 0.25) is 6.79 Å². The van der Waals surface area contributed by atoms with Crippen molar-refractivity contribution in [3.63, 3.8) is 0 Å². The van der Waals surface area contributed by atoms with Gasteiger partial charge in [0.15, 0.2) is 11.5 Å². The van der Waals surface area contributed by atoms with Gasteiger partial charge in [-0.3, -0.25) is 0 Å². The first kappa shape index (κ1) is 14.4. The first-order valence-corrected chi connectivity index (χ1v) is 8.85. The van der Waals surface area contributed by atoms with Gasteiger partial charge >= 0.3 is 0 Å². The van der Waals surface area contributed by atoms with Crippen molar-refractivity contribution in [2.24, 2.45) is 0 Å². The minimum atomic E-state index is -3.44. The van der Waals surface area contributed by atoms with Crippen molar-refractivity contribution >= 4 is 21.4 Å². The lowest BCUT2D eigenvalue weighted by Gasteiger charge is -2.19. The summed E-state index contributed by atoms with van der Waals surface area (Å²) in [7, 11) is -3.44. The molecule has 7 heteroatoms. The zero-order valence-electron chi connectivity index (χ0n) is 11.5. The number of nitrogens with zero attached hydrogens (tertiary/aromatic N) is 1. The number of sulfonamides is 1. The average molecular weight is 325 g/mol. The summed E-state index contributed by atoms with van der Waals surface area (Å²) in [5.74, 6) is 1.36. The average Bonchev–Trinajstić information content (AvgIpc) is 3.14. The molecule has 0 spiro atoms. The molecule has 112 valence electrons. The Morgan fingerprint density at radius 2 is 2.05 bits per heavy atom. The number of ether oxygens (including phenoxy) is 2. The van der Waals surface area contributed by atoms with Crippen molar-refractivity contribution < 1.29 is 17.9 Å². The molecule has 0 atom stereocenters. The van der Waals surface area contributed by atoms with Gasteiger partial charge in [-0.1, -0.05) is 19.1 Å². The van der Waals surface area contributed by atoms with Crippen LogP contribution in [0, 0.1) is 0 Å². The predicted octanol–water partition coefficient (Wildman–Crippen LogP) is 2.69. The van der Waals surface area contributed by atoms with E-state index in [1.807, 2.05) is 25.1 Å². The third-order valence-corrected chi connectivity index (χ3v) is 6.53. The van der Waals surface area contributed by atoms with Crippen LogP contribution in [0.3, 0.4) is 0 Å². The molecule has 1 aliphatic rings. The standard InChI is InChI=1S/C14H15NO4S2/c1-2-15(21(16,17)14-4-3-7-20-14)9-11-5-6-12-13(8-11)19-10-18-12/h3-8H,2,9-10H2,1H3. The minimum absolute atomic E-state index is 0.212. The second-order valence-electron chi connectivity index (χ2n) is 4.55. The van der Waals surface area contributed by atoms with Gasteiger partial charge in [-0.15, -0.1) is 11.3 Å². The van der Waals surface area contributed by atoms with E-state index in [9.17, 15) is 8.42 Å². The first-order chi connectivity index (χ1) is 10.1. The zero-order chi connectivity index (χ0) is 14.9. The summed E-state index contributed by atoms with van der Waals surface area (Å²) in [6, 6.07) is 8.87. The van der Waals surface area contributed by atoms with Gasteiger partial charge in [0.05, 0.1) is 0 Å². The smallest absolute Gasteiger partial charge is 0.252 e. The van der Waals surface area contributed by atoms with E-state index < -0.39 is 10.0 Å². The molecule has 0 amide bonds. The lowest BCUT2D eigenvalue weighted by Crippen LogP contribution is -2.29. The Bertz CT molecular complexity index is 725. The van der Waals surface area contributed by atoms with Gasteiger partial charge in [0, 0.05) is 13.1 Å². The fraction of sp³-hybridized carbons (Fsp3) is 0.286. The highest BCUT2D eigenvalue weighted by Gasteiger charge is 2.24. The zero-order valence-corrected chi connectivity index (χ0v) is 13.1. The molecular weight excluding hydrogens is 310 g/mol. The highest BCUT2D eigenvalue weighted by molar-refractivity contribution is 7.91. The molecule has 2 heterocycles. The quantitative estimate of drug-likeness (QED) is 0.848. The molecule has 0 bridgehead atoms. The Kier molecular flexibility index (Phi) is 3.88. The summed E-state index contributed by atoms with van der Waals surface area (Å²) in [6.07, 6.45) is 0. The maximum Gasteiger partial charge on any atom is 0.252 e. The highest BCUT2D eigenvalue weighted by Crippen LogP contribution is 2.33. The van der Waals surface area contributed by atoms with Crippen molar-refractivity contribution in [2.75, 3.05) is 13.3 Å². The van der Waals surface area contributed by atoms with Gasteiger partial charge in [0.1, 0.15) is 4.21 Å². The Labute approximate surface area is 127 Å². The van der Waals surface area contributed by atoms with Crippen molar-refractivity contribution in [1.82, 2.24) is 4.31 Å². The molecule has 5 nitrogen and oxygen atoms in total. The Balaban J connectivity index is 1.85. The van der Waals surface area contributed by atoms with E-state index >= 15 is 0 Å². The van der Waals surface area contributed by atoms with E-state index in [-0.39, 0.29) is 6.79 Å². The van der Waals surface area contributed by atoms with E-state index in [1.165, 1.54) is 15.6 Å². The summed E-state index contributed by atoms with van der Waals surface area (Å²) in [5, 5.41) is 1.77. The van der Waals surface area contributed by atoms with E-state index in [1.54, 1.807) is 17.5 Å². The highest BCUT2D eigenvalue weighted by atomic mass is 32.2. The molecule has 0 saturated heterocycles. The fourth-order valence-corrected chi connectivity index (χ4v) is 4.73. The topological polar surface area (TPSA) is 55.8 Å². The van der Waals surface area contributed by atoms with Crippen LogP contribution in [-0.4, -0.2) is 26.1 Å². The van der Waals surface area contributed by atoms with Crippen LogP contribution in [0.25, 0.3) is 0 Å². The Morgan fingerprint density at radius 3 is 2.76 bits per heavy atom. The van der Waals surface area contributed by atoms with E-state index in [0.29, 0.717) is 28.8 Å². The normalized spacial score (nSPS) is 13.8.